The van der Waals surface area contributed by atoms with E-state index >= 15 is 0 Å². The highest BCUT2D eigenvalue weighted by Gasteiger charge is 2.18. The summed E-state index contributed by atoms with van der Waals surface area (Å²) in [6.45, 7) is -1.68. The van der Waals surface area contributed by atoms with Gasteiger partial charge in [-0.15, -0.1) is 0 Å². The van der Waals surface area contributed by atoms with Gasteiger partial charge in [0.15, 0.2) is 29.2 Å². The monoisotopic (exact) mass is 398 g/mol. The van der Waals surface area contributed by atoms with Gasteiger partial charge in [0.25, 0.3) is 11.8 Å². The summed E-state index contributed by atoms with van der Waals surface area (Å²) in [6.07, 6.45) is -1.10. The van der Waals surface area contributed by atoms with E-state index < -0.39 is 30.3 Å². The molecule has 0 unspecified atom stereocenters. The highest BCUT2D eigenvalue weighted by molar-refractivity contribution is 5.96. The predicted octanol–water partition coefficient (Wildman–Crippen LogP) is 2.66. The third-order valence-electron chi connectivity index (χ3n) is 3.45. The molecule has 0 aliphatic carbocycles. The minimum atomic E-state index is -3.05. The SMILES string of the molecule is COc1cc(C(=O)NNC(=O)[C@H](C)Oc2ccccc2F)ccc1OC(F)F. The van der Waals surface area contributed by atoms with Gasteiger partial charge in [-0.25, -0.2) is 4.39 Å². The number of benzene rings is 2. The van der Waals surface area contributed by atoms with Crippen LogP contribution in [0.15, 0.2) is 42.5 Å². The van der Waals surface area contributed by atoms with Crippen molar-refractivity contribution in [2.45, 2.75) is 19.6 Å². The van der Waals surface area contributed by atoms with Crippen LogP contribution in [0.2, 0.25) is 0 Å². The number of alkyl halides is 2. The van der Waals surface area contributed by atoms with Crippen molar-refractivity contribution in [1.29, 1.82) is 0 Å². The van der Waals surface area contributed by atoms with Gasteiger partial charge in [0.1, 0.15) is 0 Å². The van der Waals surface area contributed by atoms with Crippen molar-refractivity contribution in [1.82, 2.24) is 10.9 Å². The van der Waals surface area contributed by atoms with Crippen LogP contribution in [0.3, 0.4) is 0 Å². The summed E-state index contributed by atoms with van der Waals surface area (Å²) in [4.78, 5) is 24.1. The zero-order valence-electron chi connectivity index (χ0n) is 14.9. The van der Waals surface area contributed by atoms with Gasteiger partial charge in [0.05, 0.1) is 7.11 Å². The minimum absolute atomic E-state index is 0.0152. The van der Waals surface area contributed by atoms with Crippen LogP contribution in [0, 0.1) is 5.82 Å². The molecule has 0 fully saturated rings. The molecule has 2 rings (SSSR count). The lowest BCUT2D eigenvalue weighted by atomic mass is 10.2. The lowest BCUT2D eigenvalue weighted by Crippen LogP contribution is -2.47. The molecule has 0 spiro atoms. The molecule has 150 valence electrons. The number of ether oxygens (including phenoxy) is 3. The summed E-state index contributed by atoms with van der Waals surface area (Å²) in [6, 6.07) is 9.05. The topological polar surface area (TPSA) is 85.9 Å². The molecule has 2 N–H and O–H groups in total. The van der Waals surface area contributed by atoms with Crippen LogP contribution in [0.5, 0.6) is 17.2 Å². The Bertz CT molecular complexity index is 848. The van der Waals surface area contributed by atoms with Crippen LogP contribution >= 0.6 is 0 Å². The van der Waals surface area contributed by atoms with E-state index in [0.29, 0.717) is 0 Å². The molecule has 0 saturated carbocycles. The molecule has 10 heteroatoms. The number of hydrogen-bond acceptors (Lipinski definition) is 5. The molecule has 28 heavy (non-hydrogen) atoms. The molecule has 7 nitrogen and oxygen atoms in total. The number of rotatable bonds is 7. The van der Waals surface area contributed by atoms with Crippen LogP contribution in [-0.4, -0.2) is 31.6 Å². The Kier molecular flexibility index (Phi) is 7.08. The number of carbonyl (C=O) groups is 2. The third-order valence-corrected chi connectivity index (χ3v) is 3.45. The van der Waals surface area contributed by atoms with Crippen molar-refractivity contribution in [3.05, 3.63) is 53.8 Å². The van der Waals surface area contributed by atoms with E-state index in [1.165, 1.54) is 44.4 Å². The highest BCUT2D eigenvalue weighted by Crippen LogP contribution is 2.29. The molecule has 0 aliphatic rings. The number of nitrogens with one attached hydrogen (secondary N) is 2. The van der Waals surface area contributed by atoms with Crippen molar-refractivity contribution < 1.29 is 37.0 Å². The molecule has 0 bridgehead atoms. The van der Waals surface area contributed by atoms with Crippen molar-refractivity contribution >= 4 is 11.8 Å². The van der Waals surface area contributed by atoms with E-state index in [4.69, 9.17) is 9.47 Å². The Balaban J connectivity index is 1.95. The van der Waals surface area contributed by atoms with Gasteiger partial charge in [-0.2, -0.15) is 8.78 Å². The molecule has 2 amide bonds. The molecule has 2 aromatic rings. The van der Waals surface area contributed by atoms with E-state index in [9.17, 15) is 22.8 Å². The van der Waals surface area contributed by atoms with Crippen LogP contribution in [0.25, 0.3) is 0 Å². The second-order valence-electron chi connectivity index (χ2n) is 5.38. The Morgan fingerprint density at radius 3 is 2.32 bits per heavy atom. The fourth-order valence-corrected chi connectivity index (χ4v) is 2.08. The minimum Gasteiger partial charge on any atom is -0.493 e. The number of hydrazine groups is 1. The number of amides is 2. The van der Waals surface area contributed by atoms with Crippen LogP contribution in [0.1, 0.15) is 17.3 Å². The normalized spacial score (nSPS) is 11.5. The number of halogens is 3. The second kappa shape index (κ2) is 9.49. The maximum Gasteiger partial charge on any atom is 0.387 e. The number of hydrogen-bond donors (Lipinski definition) is 2. The fourth-order valence-electron chi connectivity index (χ4n) is 2.08. The molecular formula is C18H17F3N2O5. The van der Waals surface area contributed by atoms with Crippen molar-refractivity contribution in [2.24, 2.45) is 0 Å². The van der Waals surface area contributed by atoms with Gasteiger partial charge >= 0.3 is 6.61 Å². The number of para-hydroxylation sites is 1. The third kappa shape index (κ3) is 5.53. The predicted molar refractivity (Wildman–Crippen MR) is 91.7 cm³/mol. The average Bonchev–Trinajstić information content (AvgIpc) is 2.67. The quantitative estimate of drug-likeness (QED) is 0.701. The van der Waals surface area contributed by atoms with Gasteiger partial charge < -0.3 is 14.2 Å². The van der Waals surface area contributed by atoms with E-state index in [1.807, 2.05) is 0 Å². The van der Waals surface area contributed by atoms with Crippen molar-refractivity contribution in [3.8, 4) is 17.2 Å². The Hall–Kier alpha value is -3.43. The summed E-state index contributed by atoms with van der Waals surface area (Å²) in [5.41, 5.74) is 4.28. The zero-order valence-corrected chi connectivity index (χ0v) is 14.9. The molecule has 0 heterocycles. The first-order chi connectivity index (χ1) is 13.3. The van der Waals surface area contributed by atoms with E-state index in [1.54, 1.807) is 6.07 Å². The summed E-state index contributed by atoms with van der Waals surface area (Å²) < 4.78 is 52.5. The Morgan fingerprint density at radius 2 is 1.68 bits per heavy atom. The molecule has 0 saturated heterocycles. The van der Waals surface area contributed by atoms with E-state index in [0.717, 1.165) is 6.07 Å². The number of methoxy groups -OCH3 is 1. The largest absolute Gasteiger partial charge is 0.493 e. The van der Waals surface area contributed by atoms with Crippen LogP contribution in [-0.2, 0) is 4.79 Å². The summed E-state index contributed by atoms with van der Waals surface area (Å²) in [7, 11) is 1.22. The molecular weight excluding hydrogens is 381 g/mol. The lowest BCUT2D eigenvalue weighted by Gasteiger charge is -2.16. The van der Waals surface area contributed by atoms with Crippen LogP contribution in [0.4, 0.5) is 13.2 Å². The zero-order chi connectivity index (χ0) is 20.7. The van der Waals surface area contributed by atoms with Gasteiger partial charge in [-0.1, -0.05) is 12.1 Å². The van der Waals surface area contributed by atoms with Crippen LogP contribution < -0.4 is 25.1 Å². The van der Waals surface area contributed by atoms with E-state index in [-0.39, 0.29) is 22.8 Å². The van der Waals surface area contributed by atoms with Gasteiger partial charge in [-0.05, 0) is 37.3 Å². The summed E-state index contributed by atoms with van der Waals surface area (Å²) in [5.74, 6) is -2.56. The lowest BCUT2D eigenvalue weighted by molar-refractivity contribution is -0.128. The van der Waals surface area contributed by atoms with Gasteiger partial charge in [0.2, 0.25) is 0 Å². The smallest absolute Gasteiger partial charge is 0.387 e. The first kappa shape index (κ1) is 20.9. The van der Waals surface area contributed by atoms with Gasteiger partial charge in [0, 0.05) is 5.56 Å². The van der Waals surface area contributed by atoms with Crippen molar-refractivity contribution in [2.75, 3.05) is 7.11 Å². The average molecular weight is 398 g/mol. The standard InChI is InChI=1S/C18H17F3N2O5/c1-10(27-13-6-4-3-5-12(13)19)16(24)22-23-17(25)11-7-8-14(28-18(20)21)15(9-11)26-2/h3-10,18H,1-2H3,(H,22,24)(H,23,25)/t10-/m0/s1. The Labute approximate surface area is 158 Å². The van der Waals surface area contributed by atoms with Crippen molar-refractivity contribution in [3.63, 3.8) is 0 Å². The first-order valence-corrected chi connectivity index (χ1v) is 7.96. The second-order valence-corrected chi connectivity index (χ2v) is 5.38. The molecule has 0 aromatic heterocycles. The molecule has 0 radical (unpaired) electrons. The molecule has 2 aromatic carbocycles. The number of carbonyl (C=O) groups excluding carboxylic acids is 2. The summed E-state index contributed by atoms with van der Waals surface area (Å²) >= 11 is 0. The Morgan fingerprint density at radius 1 is 0.964 bits per heavy atom. The molecule has 0 aliphatic heterocycles. The van der Waals surface area contributed by atoms with Gasteiger partial charge in [-0.3, -0.25) is 20.4 Å². The molecule has 1 atom stereocenters. The maximum atomic E-state index is 13.5. The first-order valence-electron chi connectivity index (χ1n) is 7.96. The highest BCUT2D eigenvalue weighted by atomic mass is 19.3. The maximum absolute atomic E-state index is 13.5. The summed E-state index contributed by atoms with van der Waals surface area (Å²) in [5, 5.41) is 0. The van der Waals surface area contributed by atoms with E-state index in [2.05, 4.69) is 15.6 Å². The fraction of sp³-hybridized carbons (Fsp3) is 0.222.